The molecule has 0 amide bonds. The fourth-order valence-corrected chi connectivity index (χ4v) is 1.76. The number of aryl methyl sites for hydroxylation is 1. The molecule has 1 unspecified atom stereocenters. The Morgan fingerprint density at radius 3 is 2.81 bits per heavy atom. The van der Waals surface area contributed by atoms with E-state index in [0.29, 0.717) is 6.54 Å². The highest BCUT2D eigenvalue weighted by Gasteiger charge is 2.18. The Hall–Kier alpha value is -0.610. The Morgan fingerprint density at radius 1 is 1.56 bits per heavy atom. The number of anilines is 1. The summed E-state index contributed by atoms with van der Waals surface area (Å²) in [4.78, 5) is 4.23. The topological polar surface area (TPSA) is 45.1 Å². The third-order valence-electron chi connectivity index (χ3n) is 2.49. The standard InChI is InChI=1S/C12H19BrN2O/c1-4-5-12(3,16)8-15-11-6-9(2)10(13)7-14-11/h6-7,16H,4-5,8H2,1-3H3,(H,14,15). The molecular formula is C12H19BrN2O. The molecule has 1 aromatic heterocycles. The molecule has 1 heterocycles. The lowest BCUT2D eigenvalue weighted by atomic mass is 10.0. The van der Waals surface area contributed by atoms with Crippen LogP contribution in [-0.2, 0) is 0 Å². The summed E-state index contributed by atoms with van der Waals surface area (Å²) < 4.78 is 0.998. The highest BCUT2D eigenvalue weighted by molar-refractivity contribution is 9.10. The Labute approximate surface area is 105 Å². The first-order chi connectivity index (χ1) is 7.44. The maximum Gasteiger partial charge on any atom is 0.126 e. The molecule has 0 saturated heterocycles. The zero-order chi connectivity index (χ0) is 12.2. The second-order valence-electron chi connectivity index (χ2n) is 4.42. The van der Waals surface area contributed by atoms with Gasteiger partial charge in [0, 0.05) is 17.2 Å². The van der Waals surface area contributed by atoms with Crippen molar-refractivity contribution >= 4 is 21.7 Å². The van der Waals surface area contributed by atoms with E-state index in [9.17, 15) is 5.11 Å². The van der Waals surface area contributed by atoms with Crippen molar-refractivity contribution in [2.45, 2.75) is 39.2 Å². The number of nitrogens with one attached hydrogen (secondary N) is 1. The van der Waals surface area contributed by atoms with E-state index in [4.69, 9.17) is 0 Å². The molecule has 0 spiro atoms. The molecule has 3 nitrogen and oxygen atoms in total. The van der Waals surface area contributed by atoms with Crippen LogP contribution >= 0.6 is 15.9 Å². The van der Waals surface area contributed by atoms with Crippen LogP contribution in [0.3, 0.4) is 0 Å². The second-order valence-corrected chi connectivity index (χ2v) is 5.27. The zero-order valence-electron chi connectivity index (χ0n) is 10.0. The molecule has 90 valence electrons. The number of aliphatic hydroxyl groups is 1. The lowest BCUT2D eigenvalue weighted by Gasteiger charge is -2.23. The number of nitrogens with zero attached hydrogens (tertiary/aromatic N) is 1. The van der Waals surface area contributed by atoms with Gasteiger partial charge >= 0.3 is 0 Å². The van der Waals surface area contributed by atoms with Gasteiger partial charge in [0.15, 0.2) is 0 Å². The molecule has 0 aromatic carbocycles. The molecule has 0 radical (unpaired) electrons. The molecule has 1 aromatic rings. The number of hydrogen-bond acceptors (Lipinski definition) is 3. The Kier molecular flexibility index (Phi) is 4.74. The second kappa shape index (κ2) is 5.64. The highest BCUT2D eigenvalue weighted by atomic mass is 79.9. The third kappa shape index (κ3) is 4.10. The monoisotopic (exact) mass is 286 g/mol. The van der Waals surface area contributed by atoms with Gasteiger partial charge in [-0.25, -0.2) is 4.98 Å². The maximum absolute atomic E-state index is 10.0. The Morgan fingerprint density at radius 2 is 2.25 bits per heavy atom. The first-order valence-corrected chi connectivity index (χ1v) is 6.32. The Balaban J connectivity index is 2.57. The number of pyridine rings is 1. The SMILES string of the molecule is CCCC(C)(O)CNc1cc(C)c(Br)cn1. The van der Waals surface area contributed by atoms with Crippen molar-refractivity contribution in [3.63, 3.8) is 0 Å². The fourth-order valence-electron chi connectivity index (χ4n) is 1.54. The molecule has 0 aliphatic rings. The van der Waals surface area contributed by atoms with Gasteiger partial charge in [-0.15, -0.1) is 0 Å². The van der Waals surface area contributed by atoms with Gasteiger partial charge in [0.05, 0.1) is 5.60 Å². The predicted molar refractivity (Wildman–Crippen MR) is 70.7 cm³/mol. The highest BCUT2D eigenvalue weighted by Crippen LogP contribution is 2.18. The summed E-state index contributed by atoms with van der Waals surface area (Å²) in [5, 5.41) is 13.2. The van der Waals surface area contributed by atoms with Gasteiger partial charge in [-0.2, -0.15) is 0 Å². The normalized spacial score (nSPS) is 14.6. The van der Waals surface area contributed by atoms with Crippen molar-refractivity contribution in [3.8, 4) is 0 Å². The fraction of sp³-hybridized carbons (Fsp3) is 0.583. The first-order valence-electron chi connectivity index (χ1n) is 5.53. The summed E-state index contributed by atoms with van der Waals surface area (Å²) >= 11 is 3.41. The van der Waals surface area contributed by atoms with Gasteiger partial charge in [0.2, 0.25) is 0 Å². The quantitative estimate of drug-likeness (QED) is 0.874. The van der Waals surface area contributed by atoms with E-state index in [1.807, 2.05) is 19.9 Å². The molecule has 1 atom stereocenters. The molecule has 0 aliphatic carbocycles. The van der Waals surface area contributed by atoms with E-state index in [1.54, 1.807) is 6.20 Å². The van der Waals surface area contributed by atoms with Gasteiger partial charge in [-0.1, -0.05) is 13.3 Å². The minimum atomic E-state index is -0.669. The van der Waals surface area contributed by atoms with Crippen molar-refractivity contribution < 1.29 is 5.11 Å². The van der Waals surface area contributed by atoms with E-state index < -0.39 is 5.60 Å². The van der Waals surface area contributed by atoms with E-state index in [-0.39, 0.29) is 0 Å². The smallest absolute Gasteiger partial charge is 0.126 e. The predicted octanol–water partition coefficient (Wildman–Crippen LogP) is 3.12. The summed E-state index contributed by atoms with van der Waals surface area (Å²) in [6.45, 7) is 6.45. The number of halogens is 1. The van der Waals surface area contributed by atoms with E-state index in [1.165, 1.54) is 0 Å². The van der Waals surface area contributed by atoms with E-state index in [2.05, 4.69) is 33.2 Å². The van der Waals surface area contributed by atoms with Gasteiger partial charge in [-0.05, 0) is 47.8 Å². The van der Waals surface area contributed by atoms with Crippen molar-refractivity contribution in [2.75, 3.05) is 11.9 Å². The van der Waals surface area contributed by atoms with Crippen molar-refractivity contribution in [2.24, 2.45) is 0 Å². The van der Waals surface area contributed by atoms with E-state index in [0.717, 1.165) is 28.7 Å². The first kappa shape index (κ1) is 13.5. The number of aromatic nitrogens is 1. The molecule has 1 rings (SSSR count). The lowest BCUT2D eigenvalue weighted by molar-refractivity contribution is 0.0636. The summed E-state index contributed by atoms with van der Waals surface area (Å²) in [6.07, 6.45) is 3.53. The average Bonchev–Trinajstić information content (AvgIpc) is 2.20. The van der Waals surface area contributed by atoms with Crippen LogP contribution in [0.4, 0.5) is 5.82 Å². The lowest BCUT2D eigenvalue weighted by Crippen LogP contribution is -2.33. The molecule has 0 aliphatic heterocycles. The van der Waals surface area contributed by atoms with Crippen LogP contribution in [0.1, 0.15) is 32.3 Å². The van der Waals surface area contributed by atoms with Crippen molar-refractivity contribution in [3.05, 3.63) is 22.3 Å². The van der Waals surface area contributed by atoms with Crippen LogP contribution in [0.15, 0.2) is 16.7 Å². The Bertz CT molecular complexity index is 353. The van der Waals surface area contributed by atoms with Gasteiger partial charge in [0.1, 0.15) is 5.82 Å². The summed E-state index contributed by atoms with van der Waals surface area (Å²) in [7, 11) is 0. The molecule has 0 fully saturated rings. The minimum Gasteiger partial charge on any atom is -0.388 e. The molecular weight excluding hydrogens is 268 g/mol. The maximum atomic E-state index is 10.0. The van der Waals surface area contributed by atoms with Gasteiger partial charge in [0.25, 0.3) is 0 Å². The summed E-state index contributed by atoms with van der Waals surface area (Å²) in [6, 6.07) is 1.96. The van der Waals surface area contributed by atoms with Crippen molar-refractivity contribution in [1.82, 2.24) is 4.98 Å². The van der Waals surface area contributed by atoms with Crippen LogP contribution in [0.25, 0.3) is 0 Å². The number of hydrogen-bond donors (Lipinski definition) is 2. The van der Waals surface area contributed by atoms with Crippen LogP contribution in [0.2, 0.25) is 0 Å². The molecule has 16 heavy (non-hydrogen) atoms. The molecule has 0 bridgehead atoms. The molecule has 2 N–H and O–H groups in total. The zero-order valence-corrected chi connectivity index (χ0v) is 11.6. The molecule has 0 saturated carbocycles. The molecule has 4 heteroatoms. The number of rotatable bonds is 5. The van der Waals surface area contributed by atoms with Crippen LogP contribution in [0.5, 0.6) is 0 Å². The summed E-state index contributed by atoms with van der Waals surface area (Å²) in [5.74, 6) is 0.803. The van der Waals surface area contributed by atoms with Crippen LogP contribution < -0.4 is 5.32 Å². The van der Waals surface area contributed by atoms with Gasteiger partial charge in [-0.3, -0.25) is 0 Å². The largest absolute Gasteiger partial charge is 0.388 e. The summed E-state index contributed by atoms with van der Waals surface area (Å²) in [5.41, 5.74) is 0.463. The third-order valence-corrected chi connectivity index (χ3v) is 3.32. The average molecular weight is 287 g/mol. The van der Waals surface area contributed by atoms with Crippen molar-refractivity contribution in [1.29, 1.82) is 0 Å². The van der Waals surface area contributed by atoms with Crippen LogP contribution in [-0.4, -0.2) is 22.2 Å². The van der Waals surface area contributed by atoms with Crippen LogP contribution in [0, 0.1) is 6.92 Å². The van der Waals surface area contributed by atoms with E-state index >= 15 is 0 Å². The minimum absolute atomic E-state index is 0.523. The van der Waals surface area contributed by atoms with Gasteiger partial charge < -0.3 is 10.4 Å².